The SMILES string of the molecule is COc1ccc(CC(=O)N(Cc2ccc(Br)cc2)C(C)C(=O)NC2CCCCC2)cc1. The summed E-state index contributed by atoms with van der Waals surface area (Å²) in [6.45, 7) is 2.21. The Bertz CT molecular complexity index is 861. The predicted molar refractivity (Wildman–Crippen MR) is 126 cm³/mol. The molecule has 0 bridgehead atoms. The fourth-order valence-corrected chi connectivity index (χ4v) is 4.22. The van der Waals surface area contributed by atoms with Crippen molar-refractivity contribution in [3.63, 3.8) is 0 Å². The van der Waals surface area contributed by atoms with Gasteiger partial charge in [-0.05, 0) is 55.2 Å². The van der Waals surface area contributed by atoms with Gasteiger partial charge in [-0.15, -0.1) is 0 Å². The number of benzene rings is 2. The summed E-state index contributed by atoms with van der Waals surface area (Å²) in [5.41, 5.74) is 1.88. The van der Waals surface area contributed by atoms with Crippen molar-refractivity contribution in [3.8, 4) is 5.75 Å². The van der Waals surface area contributed by atoms with Crippen molar-refractivity contribution in [1.29, 1.82) is 0 Å². The molecule has 6 heteroatoms. The summed E-state index contributed by atoms with van der Waals surface area (Å²) in [7, 11) is 1.62. The van der Waals surface area contributed by atoms with Crippen LogP contribution in [-0.4, -0.2) is 35.9 Å². The summed E-state index contributed by atoms with van der Waals surface area (Å²) >= 11 is 3.45. The lowest BCUT2D eigenvalue weighted by Crippen LogP contribution is -2.50. The van der Waals surface area contributed by atoms with Crippen molar-refractivity contribution < 1.29 is 14.3 Å². The molecule has 1 atom stereocenters. The molecule has 3 rings (SSSR count). The number of carbonyl (C=O) groups excluding carboxylic acids is 2. The third-order valence-electron chi connectivity index (χ3n) is 5.90. The molecule has 31 heavy (non-hydrogen) atoms. The molecule has 2 amide bonds. The first-order valence-electron chi connectivity index (χ1n) is 10.9. The highest BCUT2D eigenvalue weighted by Crippen LogP contribution is 2.20. The van der Waals surface area contributed by atoms with Crippen LogP contribution in [0.25, 0.3) is 0 Å². The minimum Gasteiger partial charge on any atom is -0.497 e. The zero-order chi connectivity index (χ0) is 22.2. The van der Waals surface area contributed by atoms with Crippen LogP contribution in [0.4, 0.5) is 0 Å². The van der Waals surface area contributed by atoms with Crippen LogP contribution in [0.5, 0.6) is 5.75 Å². The second-order valence-electron chi connectivity index (χ2n) is 8.19. The van der Waals surface area contributed by atoms with E-state index in [2.05, 4.69) is 21.2 Å². The molecule has 1 N–H and O–H groups in total. The van der Waals surface area contributed by atoms with Crippen molar-refractivity contribution in [2.24, 2.45) is 0 Å². The van der Waals surface area contributed by atoms with Crippen molar-refractivity contribution in [2.75, 3.05) is 7.11 Å². The van der Waals surface area contributed by atoms with Gasteiger partial charge in [0.05, 0.1) is 13.5 Å². The summed E-state index contributed by atoms with van der Waals surface area (Å²) in [5, 5.41) is 3.17. The fraction of sp³-hybridized carbons (Fsp3) is 0.440. The zero-order valence-electron chi connectivity index (χ0n) is 18.3. The standard InChI is InChI=1S/C25H31BrN2O3/c1-18(25(30)27-22-6-4-3-5-7-22)28(17-20-8-12-21(26)13-9-20)24(29)16-19-10-14-23(31-2)15-11-19/h8-15,18,22H,3-7,16-17H2,1-2H3,(H,27,30). The molecule has 0 heterocycles. The third-order valence-corrected chi connectivity index (χ3v) is 6.43. The van der Waals surface area contributed by atoms with Gasteiger partial charge in [-0.1, -0.05) is 59.5 Å². The highest BCUT2D eigenvalue weighted by atomic mass is 79.9. The summed E-state index contributed by atoms with van der Waals surface area (Å²) in [6.07, 6.45) is 5.81. The number of methoxy groups -OCH3 is 1. The Hall–Kier alpha value is -2.34. The quantitative estimate of drug-likeness (QED) is 0.578. The lowest BCUT2D eigenvalue weighted by molar-refractivity contribution is -0.140. The van der Waals surface area contributed by atoms with Gasteiger partial charge in [0.2, 0.25) is 11.8 Å². The molecular formula is C25H31BrN2O3. The minimum absolute atomic E-state index is 0.0700. The molecule has 2 aromatic rings. The van der Waals surface area contributed by atoms with Gasteiger partial charge in [0.15, 0.2) is 0 Å². The first-order chi connectivity index (χ1) is 15.0. The van der Waals surface area contributed by atoms with Gasteiger partial charge in [-0.25, -0.2) is 0 Å². The van der Waals surface area contributed by atoms with E-state index in [0.717, 1.165) is 47.0 Å². The van der Waals surface area contributed by atoms with Crippen LogP contribution >= 0.6 is 15.9 Å². The van der Waals surface area contributed by atoms with E-state index in [1.165, 1.54) is 6.42 Å². The summed E-state index contributed by atoms with van der Waals surface area (Å²) in [6, 6.07) is 15.0. The maximum absolute atomic E-state index is 13.3. The molecule has 0 radical (unpaired) electrons. The van der Waals surface area contributed by atoms with Crippen LogP contribution < -0.4 is 10.1 Å². The largest absolute Gasteiger partial charge is 0.497 e. The number of halogens is 1. The topological polar surface area (TPSA) is 58.6 Å². The Kier molecular flexibility index (Phi) is 8.52. The summed E-state index contributed by atoms with van der Waals surface area (Å²) in [4.78, 5) is 28.0. The molecule has 5 nitrogen and oxygen atoms in total. The summed E-state index contributed by atoms with van der Waals surface area (Å²) < 4.78 is 6.18. The molecule has 0 spiro atoms. The van der Waals surface area contributed by atoms with E-state index in [1.54, 1.807) is 12.0 Å². The Morgan fingerprint density at radius 1 is 1.03 bits per heavy atom. The van der Waals surface area contributed by atoms with Crippen LogP contribution in [0, 0.1) is 0 Å². The first kappa shape index (κ1) is 23.3. The van der Waals surface area contributed by atoms with Gasteiger partial charge in [-0.3, -0.25) is 9.59 Å². The molecule has 0 saturated heterocycles. The summed E-state index contributed by atoms with van der Waals surface area (Å²) in [5.74, 6) is 0.606. The Labute approximate surface area is 193 Å². The molecule has 1 unspecified atom stereocenters. The van der Waals surface area contributed by atoms with E-state index < -0.39 is 6.04 Å². The maximum Gasteiger partial charge on any atom is 0.242 e. The van der Waals surface area contributed by atoms with Gasteiger partial charge in [0.1, 0.15) is 11.8 Å². The molecular weight excluding hydrogens is 456 g/mol. The van der Waals surface area contributed by atoms with E-state index >= 15 is 0 Å². The van der Waals surface area contributed by atoms with E-state index in [-0.39, 0.29) is 24.3 Å². The normalized spacial score (nSPS) is 15.2. The molecule has 1 saturated carbocycles. The zero-order valence-corrected chi connectivity index (χ0v) is 19.9. The number of amides is 2. The van der Waals surface area contributed by atoms with Crippen molar-refractivity contribution in [1.82, 2.24) is 10.2 Å². The van der Waals surface area contributed by atoms with Crippen molar-refractivity contribution in [2.45, 2.75) is 64.1 Å². The lowest BCUT2D eigenvalue weighted by Gasteiger charge is -2.31. The van der Waals surface area contributed by atoms with E-state index in [1.807, 2.05) is 55.5 Å². The average Bonchev–Trinajstić information content (AvgIpc) is 2.79. The van der Waals surface area contributed by atoms with Crippen molar-refractivity contribution in [3.05, 3.63) is 64.1 Å². The van der Waals surface area contributed by atoms with Gasteiger partial charge >= 0.3 is 0 Å². The smallest absolute Gasteiger partial charge is 0.242 e. The Morgan fingerprint density at radius 3 is 2.26 bits per heavy atom. The maximum atomic E-state index is 13.3. The average molecular weight is 487 g/mol. The third kappa shape index (κ3) is 6.82. The number of nitrogens with one attached hydrogen (secondary N) is 1. The van der Waals surface area contributed by atoms with Gasteiger partial charge in [0, 0.05) is 17.1 Å². The van der Waals surface area contributed by atoms with E-state index in [9.17, 15) is 9.59 Å². The predicted octanol–water partition coefficient (Wildman–Crippen LogP) is 4.87. The molecule has 1 fully saturated rings. The number of nitrogens with zero attached hydrogens (tertiary/aromatic N) is 1. The number of rotatable bonds is 8. The molecule has 1 aliphatic rings. The monoisotopic (exact) mass is 486 g/mol. The van der Waals surface area contributed by atoms with Gasteiger partial charge in [-0.2, -0.15) is 0 Å². The second-order valence-corrected chi connectivity index (χ2v) is 9.11. The van der Waals surface area contributed by atoms with Gasteiger partial charge in [0.25, 0.3) is 0 Å². The van der Waals surface area contributed by atoms with Gasteiger partial charge < -0.3 is 15.0 Å². The highest BCUT2D eigenvalue weighted by Gasteiger charge is 2.28. The Balaban J connectivity index is 1.74. The van der Waals surface area contributed by atoms with E-state index in [0.29, 0.717) is 6.54 Å². The van der Waals surface area contributed by atoms with Crippen LogP contribution in [0.2, 0.25) is 0 Å². The molecule has 0 aliphatic heterocycles. The number of carbonyl (C=O) groups is 2. The Morgan fingerprint density at radius 2 is 1.65 bits per heavy atom. The van der Waals surface area contributed by atoms with Crippen LogP contribution in [0.1, 0.15) is 50.2 Å². The second kappa shape index (κ2) is 11.3. The molecule has 2 aromatic carbocycles. The van der Waals surface area contributed by atoms with Crippen molar-refractivity contribution >= 4 is 27.7 Å². The fourth-order valence-electron chi connectivity index (χ4n) is 3.96. The number of hydrogen-bond donors (Lipinski definition) is 1. The number of hydrogen-bond acceptors (Lipinski definition) is 3. The molecule has 166 valence electrons. The van der Waals surface area contributed by atoms with Crippen LogP contribution in [0.3, 0.4) is 0 Å². The number of ether oxygens (including phenoxy) is 1. The minimum atomic E-state index is -0.545. The van der Waals surface area contributed by atoms with Crippen LogP contribution in [0.15, 0.2) is 53.0 Å². The van der Waals surface area contributed by atoms with E-state index in [4.69, 9.17) is 4.74 Å². The van der Waals surface area contributed by atoms with Crippen LogP contribution in [-0.2, 0) is 22.6 Å². The first-order valence-corrected chi connectivity index (χ1v) is 11.7. The molecule has 0 aromatic heterocycles. The lowest BCUT2D eigenvalue weighted by atomic mass is 9.95. The molecule has 1 aliphatic carbocycles. The highest BCUT2D eigenvalue weighted by molar-refractivity contribution is 9.10.